The largest absolute Gasteiger partial charge is 0.324 e. The average molecular weight is 415 g/mol. The second-order valence-electron chi connectivity index (χ2n) is 7.48. The van der Waals surface area contributed by atoms with Gasteiger partial charge in [-0.25, -0.2) is 12.7 Å². The van der Waals surface area contributed by atoms with E-state index in [1.807, 2.05) is 56.3 Å². The summed E-state index contributed by atoms with van der Waals surface area (Å²) in [4.78, 5) is 12.7. The fourth-order valence-electron chi connectivity index (χ4n) is 3.24. The van der Waals surface area contributed by atoms with Crippen molar-refractivity contribution >= 4 is 33.0 Å². The highest BCUT2D eigenvalue weighted by atomic mass is 32.2. The second-order valence-corrected chi connectivity index (χ2v) is 9.46. The monoisotopic (exact) mass is 414 g/mol. The van der Waals surface area contributed by atoms with E-state index in [-0.39, 0.29) is 11.8 Å². The van der Waals surface area contributed by atoms with Crippen molar-refractivity contribution in [3.05, 3.63) is 53.6 Å². The number of amides is 1. The Labute approximate surface area is 171 Å². The number of nitrogens with one attached hydrogen (secondary N) is 1. The molecule has 1 saturated heterocycles. The molecule has 0 atom stereocenters. The molecule has 0 saturated carbocycles. The normalized spacial score (nSPS) is 16.2. The highest BCUT2D eigenvalue weighted by Crippen LogP contribution is 2.30. The lowest BCUT2D eigenvalue weighted by Crippen LogP contribution is -2.40. The molecule has 1 fully saturated rings. The molecule has 0 bridgehead atoms. The Kier molecular flexibility index (Phi) is 6.44. The van der Waals surface area contributed by atoms with Crippen molar-refractivity contribution in [3.8, 4) is 0 Å². The predicted molar refractivity (Wildman–Crippen MR) is 114 cm³/mol. The first-order chi connectivity index (χ1) is 13.7. The number of aryl methyl sites for hydroxylation is 2. The van der Waals surface area contributed by atoms with Crippen LogP contribution in [0.15, 0.2) is 52.7 Å². The van der Waals surface area contributed by atoms with Crippen LogP contribution < -0.4 is 5.32 Å². The number of carbonyl (C=O) groups excluding carboxylic acids is 1. The zero-order chi connectivity index (χ0) is 21.0. The molecule has 1 heterocycles. The van der Waals surface area contributed by atoms with Gasteiger partial charge in [0.05, 0.1) is 17.6 Å². The molecule has 1 aliphatic rings. The molecule has 0 unspecified atom stereocenters. The Morgan fingerprint density at radius 2 is 1.62 bits per heavy atom. The zero-order valence-corrected chi connectivity index (χ0v) is 17.7. The Bertz CT molecular complexity index is 1010. The van der Waals surface area contributed by atoms with Crippen molar-refractivity contribution in [1.82, 2.24) is 4.31 Å². The summed E-state index contributed by atoms with van der Waals surface area (Å²) >= 11 is 0. The number of anilines is 1. The molecular weight excluding hydrogens is 388 g/mol. The molecule has 2 aromatic rings. The molecule has 0 radical (unpaired) electrons. The summed E-state index contributed by atoms with van der Waals surface area (Å²) in [5, 5.41) is 11.6. The lowest BCUT2D eigenvalue weighted by Gasteiger charge is -2.29. The van der Waals surface area contributed by atoms with Crippen molar-refractivity contribution in [2.75, 3.05) is 24.7 Å². The van der Waals surface area contributed by atoms with Gasteiger partial charge in [-0.1, -0.05) is 23.8 Å². The van der Waals surface area contributed by atoms with E-state index in [4.69, 9.17) is 0 Å². The highest BCUT2D eigenvalue weighted by Gasteiger charge is 2.29. The van der Waals surface area contributed by atoms with Gasteiger partial charge in [0.1, 0.15) is 5.69 Å². The first-order valence-corrected chi connectivity index (χ1v) is 11.4. The van der Waals surface area contributed by atoms with Gasteiger partial charge < -0.3 is 5.32 Å². The third kappa shape index (κ3) is 5.71. The van der Waals surface area contributed by atoms with Crippen molar-refractivity contribution in [2.24, 2.45) is 16.1 Å². The first kappa shape index (κ1) is 21.1. The molecule has 0 aliphatic carbocycles. The van der Waals surface area contributed by atoms with Crippen LogP contribution in [0.2, 0.25) is 0 Å². The zero-order valence-electron chi connectivity index (χ0n) is 16.9. The standard InChI is InChI=1S/C21H26N4O3S/c1-15-4-7-18(8-5-15)23-24-20-14-16(2)6-9-19(20)22-21(26)17-10-12-25(13-11-17)29(3,27)28/h4-9,14,17H,10-13H2,1-3H3,(H,22,26). The maximum Gasteiger partial charge on any atom is 0.227 e. The van der Waals surface area contributed by atoms with Gasteiger partial charge in [0, 0.05) is 19.0 Å². The van der Waals surface area contributed by atoms with Crippen LogP contribution >= 0.6 is 0 Å². The molecule has 1 N–H and O–H groups in total. The van der Waals surface area contributed by atoms with E-state index in [1.165, 1.54) is 10.6 Å². The van der Waals surface area contributed by atoms with Crippen LogP contribution in [0.4, 0.5) is 17.1 Å². The minimum Gasteiger partial charge on any atom is -0.324 e. The fraction of sp³-hybridized carbons (Fsp3) is 0.381. The molecule has 1 amide bonds. The van der Waals surface area contributed by atoms with E-state index in [1.54, 1.807) is 0 Å². The van der Waals surface area contributed by atoms with E-state index in [2.05, 4.69) is 15.5 Å². The van der Waals surface area contributed by atoms with E-state index in [0.717, 1.165) is 16.8 Å². The van der Waals surface area contributed by atoms with Gasteiger partial charge in [-0.15, -0.1) is 5.11 Å². The van der Waals surface area contributed by atoms with Crippen LogP contribution in [0.1, 0.15) is 24.0 Å². The fourth-order valence-corrected chi connectivity index (χ4v) is 4.11. The van der Waals surface area contributed by atoms with Gasteiger partial charge in [-0.05, 0) is 56.5 Å². The Balaban J connectivity index is 1.71. The maximum atomic E-state index is 12.7. The molecule has 0 spiro atoms. The quantitative estimate of drug-likeness (QED) is 0.738. The molecule has 2 aromatic carbocycles. The summed E-state index contributed by atoms with van der Waals surface area (Å²) in [6.45, 7) is 4.70. The smallest absolute Gasteiger partial charge is 0.227 e. The van der Waals surface area contributed by atoms with E-state index in [0.29, 0.717) is 37.3 Å². The van der Waals surface area contributed by atoms with Gasteiger partial charge >= 0.3 is 0 Å². The number of piperidine rings is 1. The third-order valence-electron chi connectivity index (χ3n) is 5.01. The van der Waals surface area contributed by atoms with Gasteiger partial charge in [0.2, 0.25) is 15.9 Å². The summed E-state index contributed by atoms with van der Waals surface area (Å²) in [6, 6.07) is 13.3. The summed E-state index contributed by atoms with van der Waals surface area (Å²) in [5.74, 6) is -0.343. The van der Waals surface area contributed by atoms with Crippen LogP contribution in [0.25, 0.3) is 0 Å². The van der Waals surface area contributed by atoms with Crippen molar-refractivity contribution in [2.45, 2.75) is 26.7 Å². The lowest BCUT2D eigenvalue weighted by atomic mass is 9.97. The number of hydrogen-bond acceptors (Lipinski definition) is 5. The van der Waals surface area contributed by atoms with Gasteiger partial charge in [0.25, 0.3) is 0 Å². The van der Waals surface area contributed by atoms with Gasteiger partial charge in [-0.2, -0.15) is 5.11 Å². The van der Waals surface area contributed by atoms with Crippen LogP contribution in [-0.4, -0.2) is 38.0 Å². The third-order valence-corrected chi connectivity index (χ3v) is 6.32. The van der Waals surface area contributed by atoms with Crippen LogP contribution in [0, 0.1) is 19.8 Å². The summed E-state index contributed by atoms with van der Waals surface area (Å²) < 4.78 is 24.7. The number of carbonyl (C=O) groups is 1. The molecular formula is C21H26N4O3S. The second kappa shape index (κ2) is 8.84. The molecule has 0 aromatic heterocycles. The SMILES string of the molecule is Cc1ccc(N=Nc2cc(C)ccc2NC(=O)C2CCN(S(C)(=O)=O)CC2)cc1. The minimum atomic E-state index is -3.21. The number of hydrogen-bond donors (Lipinski definition) is 1. The molecule has 1 aliphatic heterocycles. The lowest BCUT2D eigenvalue weighted by molar-refractivity contribution is -0.120. The Morgan fingerprint density at radius 1 is 1.00 bits per heavy atom. The molecule has 29 heavy (non-hydrogen) atoms. The van der Waals surface area contributed by atoms with E-state index >= 15 is 0 Å². The maximum absolute atomic E-state index is 12.7. The van der Waals surface area contributed by atoms with E-state index in [9.17, 15) is 13.2 Å². The Hall–Kier alpha value is -2.58. The number of azo groups is 1. The summed E-state index contributed by atoms with van der Waals surface area (Å²) in [7, 11) is -3.21. The molecule has 7 nitrogen and oxygen atoms in total. The first-order valence-electron chi connectivity index (χ1n) is 9.57. The number of rotatable bonds is 5. The van der Waals surface area contributed by atoms with Crippen LogP contribution in [-0.2, 0) is 14.8 Å². The van der Waals surface area contributed by atoms with Crippen LogP contribution in [0.5, 0.6) is 0 Å². The van der Waals surface area contributed by atoms with Gasteiger partial charge in [-0.3, -0.25) is 4.79 Å². The van der Waals surface area contributed by atoms with Gasteiger partial charge in [0.15, 0.2) is 0 Å². The average Bonchev–Trinajstić information content (AvgIpc) is 2.68. The van der Waals surface area contributed by atoms with E-state index < -0.39 is 10.0 Å². The number of benzene rings is 2. The minimum absolute atomic E-state index is 0.117. The molecule has 3 rings (SSSR count). The van der Waals surface area contributed by atoms with Crippen molar-refractivity contribution in [1.29, 1.82) is 0 Å². The number of nitrogens with zero attached hydrogens (tertiary/aromatic N) is 3. The predicted octanol–water partition coefficient (Wildman–Crippen LogP) is 4.33. The summed E-state index contributed by atoms with van der Waals surface area (Å²) in [5.41, 5.74) is 4.09. The topological polar surface area (TPSA) is 91.2 Å². The number of sulfonamides is 1. The van der Waals surface area contributed by atoms with Crippen LogP contribution in [0.3, 0.4) is 0 Å². The molecule has 154 valence electrons. The molecule has 8 heteroatoms. The van der Waals surface area contributed by atoms with Crippen molar-refractivity contribution in [3.63, 3.8) is 0 Å². The van der Waals surface area contributed by atoms with Crippen molar-refractivity contribution < 1.29 is 13.2 Å². The Morgan fingerprint density at radius 3 is 2.24 bits per heavy atom. The summed E-state index contributed by atoms with van der Waals surface area (Å²) in [6.07, 6.45) is 2.21. The highest BCUT2D eigenvalue weighted by molar-refractivity contribution is 7.88.